The number of morpholine rings is 1. The number of carbonyl (C=O) groups excluding carboxylic acids is 1. The molecule has 0 spiro atoms. The van der Waals surface area contributed by atoms with E-state index in [4.69, 9.17) is 4.74 Å². The summed E-state index contributed by atoms with van der Waals surface area (Å²) in [7, 11) is 0. The van der Waals surface area contributed by atoms with Gasteiger partial charge in [-0.2, -0.15) is 13.2 Å². The number of amides is 1. The first-order valence-electron chi connectivity index (χ1n) is 11.1. The molecular weight excluding hydrogens is 567 g/mol. The number of carboxylic acid groups (broad SMARTS) is 1. The van der Waals surface area contributed by atoms with Crippen molar-refractivity contribution in [1.82, 2.24) is 5.32 Å². The highest BCUT2D eigenvalue weighted by Crippen LogP contribution is 2.33. The minimum absolute atomic E-state index is 0.0803. The highest BCUT2D eigenvalue weighted by molar-refractivity contribution is 9.10. The van der Waals surface area contributed by atoms with Crippen molar-refractivity contribution >= 4 is 44.3 Å². The number of hydrogen-bond acceptors (Lipinski definition) is 4. The summed E-state index contributed by atoms with van der Waals surface area (Å²) in [6, 6.07) is 8.14. The van der Waals surface area contributed by atoms with Gasteiger partial charge < -0.3 is 20.1 Å². The zero-order valence-corrected chi connectivity index (χ0v) is 20.6. The maximum absolute atomic E-state index is 14.9. The van der Waals surface area contributed by atoms with Gasteiger partial charge in [0.1, 0.15) is 29.3 Å². The Morgan fingerprint density at radius 3 is 2.38 bits per heavy atom. The van der Waals surface area contributed by atoms with Crippen LogP contribution >= 0.6 is 15.9 Å². The smallest absolute Gasteiger partial charge is 0.411 e. The van der Waals surface area contributed by atoms with E-state index in [0.717, 1.165) is 20.1 Å². The Kier molecular flexibility index (Phi) is 7.69. The van der Waals surface area contributed by atoms with Gasteiger partial charge in [-0.3, -0.25) is 4.79 Å². The lowest BCUT2D eigenvalue weighted by Gasteiger charge is -2.38. The maximum atomic E-state index is 14.9. The number of ether oxygens (including phenoxy) is 1. The second-order valence-corrected chi connectivity index (χ2v) is 9.28. The average Bonchev–Trinajstić information content (AvgIpc) is 2.84. The van der Waals surface area contributed by atoms with Gasteiger partial charge in [0.15, 0.2) is 0 Å². The van der Waals surface area contributed by atoms with Crippen molar-refractivity contribution in [3.05, 3.63) is 75.8 Å². The fourth-order valence-electron chi connectivity index (χ4n) is 4.28. The molecule has 0 saturated carbocycles. The number of nitrogens with zero attached hydrogens (tertiary/aromatic N) is 1. The molecule has 0 aliphatic carbocycles. The predicted molar refractivity (Wildman–Crippen MR) is 129 cm³/mol. The molecule has 196 valence electrons. The molecule has 12 heteroatoms. The van der Waals surface area contributed by atoms with Crippen LogP contribution in [0.5, 0.6) is 0 Å². The molecule has 1 amide bonds. The van der Waals surface area contributed by atoms with E-state index in [2.05, 4.69) is 21.2 Å². The summed E-state index contributed by atoms with van der Waals surface area (Å²) in [5.41, 5.74) is -0.922. The van der Waals surface area contributed by atoms with Crippen molar-refractivity contribution in [2.45, 2.75) is 24.7 Å². The number of benzene rings is 3. The lowest BCUT2D eigenvalue weighted by molar-refractivity contribution is -0.167. The van der Waals surface area contributed by atoms with Gasteiger partial charge in [-0.1, -0.05) is 46.3 Å². The van der Waals surface area contributed by atoms with Gasteiger partial charge >= 0.3 is 12.1 Å². The van der Waals surface area contributed by atoms with Crippen LogP contribution in [0.2, 0.25) is 0 Å². The molecule has 4 rings (SSSR count). The van der Waals surface area contributed by atoms with Crippen LogP contribution in [0.3, 0.4) is 0 Å². The number of halogens is 6. The number of carboxylic acids is 1. The van der Waals surface area contributed by atoms with Gasteiger partial charge in [-0.15, -0.1) is 0 Å². The van der Waals surface area contributed by atoms with Crippen molar-refractivity contribution in [2.24, 2.45) is 0 Å². The fraction of sp³-hybridized carbons (Fsp3) is 0.280. The number of fused-ring (bicyclic) bond motifs is 1. The van der Waals surface area contributed by atoms with E-state index < -0.39 is 59.6 Å². The molecule has 1 fully saturated rings. The first kappa shape index (κ1) is 26.8. The standard InChI is InChI=1S/C25H20BrF5N2O4/c26-17-6-5-13(15-3-1-2-4-16(15)17)9-20(24(35)36)32-23(34)22-18(27)10-14(11-19(22)28)33-7-8-37-12-21(33)25(29,30)31/h1-6,10-11,20-21H,7-9,12H2,(H,32,34)(H,35,36)/t20-,21+/m0/s1. The van der Waals surface area contributed by atoms with Crippen LogP contribution in [0.25, 0.3) is 10.8 Å². The molecule has 0 aromatic heterocycles. The molecular formula is C25H20BrF5N2O4. The fourth-order valence-corrected chi connectivity index (χ4v) is 4.76. The van der Waals surface area contributed by atoms with E-state index in [1.54, 1.807) is 30.3 Å². The van der Waals surface area contributed by atoms with Crippen LogP contribution in [-0.4, -0.2) is 55.0 Å². The molecule has 3 aromatic rings. The van der Waals surface area contributed by atoms with Gasteiger partial charge in [0, 0.05) is 23.1 Å². The third kappa shape index (κ3) is 5.69. The molecule has 0 unspecified atom stereocenters. The van der Waals surface area contributed by atoms with Crippen molar-refractivity contribution in [3.63, 3.8) is 0 Å². The number of aliphatic carboxylic acids is 1. The van der Waals surface area contributed by atoms with Gasteiger partial charge in [0.2, 0.25) is 0 Å². The molecule has 1 saturated heterocycles. The van der Waals surface area contributed by atoms with Crippen molar-refractivity contribution in [1.29, 1.82) is 0 Å². The molecule has 3 aromatic carbocycles. The van der Waals surface area contributed by atoms with Crippen LogP contribution in [0.1, 0.15) is 15.9 Å². The number of anilines is 1. The summed E-state index contributed by atoms with van der Waals surface area (Å²) < 4.78 is 75.5. The van der Waals surface area contributed by atoms with Crippen LogP contribution in [0.4, 0.5) is 27.6 Å². The maximum Gasteiger partial charge on any atom is 0.411 e. The third-order valence-corrected chi connectivity index (χ3v) is 6.77. The highest BCUT2D eigenvalue weighted by Gasteiger charge is 2.45. The van der Waals surface area contributed by atoms with Crippen molar-refractivity contribution in [3.8, 4) is 0 Å². The Hall–Kier alpha value is -3.25. The van der Waals surface area contributed by atoms with Gasteiger partial charge in [0.25, 0.3) is 5.91 Å². The molecule has 1 heterocycles. The summed E-state index contributed by atoms with van der Waals surface area (Å²) in [5.74, 6) is -5.61. The molecule has 2 atom stereocenters. The highest BCUT2D eigenvalue weighted by atomic mass is 79.9. The number of alkyl halides is 3. The van der Waals surface area contributed by atoms with E-state index in [1.807, 2.05) is 6.07 Å². The minimum atomic E-state index is -4.71. The lowest BCUT2D eigenvalue weighted by atomic mass is 9.98. The Labute approximate surface area is 216 Å². The first-order chi connectivity index (χ1) is 17.5. The monoisotopic (exact) mass is 586 g/mol. The van der Waals surface area contributed by atoms with Crippen LogP contribution < -0.4 is 10.2 Å². The quantitative estimate of drug-likeness (QED) is 0.394. The first-order valence-corrected chi connectivity index (χ1v) is 11.9. The molecule has 37 heavy (non-hydrogen) atoms. The van der Waals surface area contributed by atoms with Crippen LogP contribution in [-0.2, 0) is 16.0 Å². The van der Waals surface area contributed by atoms with E-state index in [-0.39, 0.29) is 19.6 Å². The number of rotatable bonds is 6. The molecule has 0 radical (unpaired) electrons. The zero-order valence-electron chi connectivity index (χ0n) is 19.0. The summed E-state index contributed by atoms with van der Waals surface area (Å²) >= 11 is 3.42. The molecule has 1 aliphatic rings. The topological polar surface area (TPSA) is 78.9 Å². The Morgan fingerprint density at radius 2 is 1.76 bits per heavy atom. The number of hydrogen-bond donors (Lipinski definition) is 2. The Bertz CT molecular complexity index is 1330. The summed E-state index contributed by atoms with van der Waals surface area (Å²) in [5, 5.41) is 13.3. The van der Waals surface area contributed by atoms with Gasteiger partial charge in [-0.05, 0) is 34.5 Å². The number of carbonyl (C=O) groups is 2. The van der Waals surface area contributed by atoms with Crippen LogP contribution in [0, 0.1) is 11.6 Å². The molecule has 0 bridgehead atoms. The van der Waals surface area contributed by atoms with Crippen molar-refractivity contribution < 1.29 is 41.4 Å². The zero-order chi connectivity index (χ0) is 26.9. The third-order valence-electron chi connectivity index (χ3n) is 6.08. The van der Waals surface area contributed by atoms with E-state index in [9.17, 15) is 36.6 Å². The molecule has 2 N–H and O–H groups in total. The molecule has 6 nitrogen and oxygen atoms in total. The summed E-state index contributed by atoms with van der Waals surface area (Å²) in [6.45, 7) is -1.06. The van der Waals surface area contributed by atoms with Gasteiger partial charge in [0.05, 0.1) is 13.2 Å². The summed E-state index contributed by atoms with van der Waals surface area (Å²) in [6.07, 6.45) is -4.90. The largest absolute Gasteiger partial charge is 0.480 e. The normalized spacial score (nSPS) is 17.0. The van der Waals surface area contributed by atoms with E-state index >= 15 is 0 Å². The van der Waals surface area contributed by atoms with E-state index in [0.29, 0.717) is 17.7 Å². The van der Waals surface area contributed by atoms with E-state index in [1.165, 1.54) is 0 Å². The summed E-state index contributed by atoms with van der Waals surface area (Å²) in [4.78, 5) is 25.4. The average molecular weight is 587 g/mol. The second kappa shape index (κ2) is 10.6. The lowest BCUT2D eigenvalue weighted by Crippen LogP contribution is -2.53. The SMILES string of the molecule is O=C(N[C@@H](Cc1ccc(Br)c2ccccc12)C(=O)O)c1c(F)cc(N2CCOC[C@@H]2C(F)(F)F)cc1F. The predicted octanol–water partition coefficient (Wildman–Crippen LogP) is 5.07. The van der Waals surface area contributed by atoms with Crippen molar-refractivity contribution in [2.75, 3.05) is 24.7 Å². The number of nitrogens with one attached hydrogen (secondary N) is 1. The second-order valence-electron chi connectivity index (χ2n) is 8.43. The molecule has 1 aliphatic heterocycles. The van der Waals surface area contributed by atoms with Gasteiger partial charge in [-0.25, -0.2) is 13.6 Å². The minimum Gasteiger partial charge on any atom is -0.480 e. The Morgan fingerprint density at radius 1 is 1.11 bits per heavy atom. The Balaban J connectivity index is 1.59. The van der Waals surface area contributed by atoms with Crippen LogP contribution in [0.15, 0.2) is 53.0 Å².